The Labute approximate surface area is 194 Å². The summed E-state index contributed by atoms with van der Waals surface area (Å²) in [6.45, 7) is 3.68. The van der Waals surface area contributed by atoms with Crippen LogP contribution in [-0.4, -0.2) is 49.5 Å². The lowest BCUT2D eigenvalue weighted by Crippen LogP contribution is -2.33. The molecule has 0 unspecified atom stereocenters. The molecule has 0 radical (unpaired) electrons. The van der Waals surface area contributed by atoms with Crippen molar-refractivity contribution in [2.75, 3.05) is 16.3 Å². The molecule has 14 heteroatoms. The van der Waals surface area contributed by atoms with Crippen molar-refractivity contribution in [1.29, 1.82) is 0 Å². The number of nitrogens with one attached hydrogen (secondary N) is 4. The number of carbonyl (C=O) groups excluding carboxylic acids is 1. The third-order valence-corrected chi connectivity index (χ3v) is 5.47. The van der Waals surface area contributed by atoms with Crippen molar-refractivity contribution in [2.24, 2.45) is 0 Å². The molecule has 0 spiro atoms. The van der Waals surface area contributed by atoms with E-state index in [1.165, 1.54) is 6.07 Å². The highest BCUT2D eigenvalue weighted by molar-refractivity contribution is 7.92. The fraction of sp³-hybridized carbons (Fsp3) is 0.500. The van der Waals surface area contributed by atoms with Gasteiger partial charge in [0.15, 0.2) is 11.6 Å². The van der Waals surface area contributed by atoms with Gasteiger partial charge in [0.1, 0.15) is 6.10 Å². The maximum absolute atomic E-state index is 12.8. The van der Waals surface area contributed by atoms with Crippen molar-refractivity contribution in [3.63, 3.8) is 0 Å². The van der Waals surface area contributed by atoms with Gasteiger partial charge in [-0.05, 0) is 45.2 Å². The van der Waals surface area contributed by atoms with Gasteiger partial charge in [-0.25, -0.2) is 13.2 Å². The highest BCUT2D eigenvalue weighted by Crippen LogP contribution is 2.37. The molecule has 0 saturated heterocycles. The van der Waals surface area contributed by atoms with E-state index >= 15 is 0 Å². The first-order valence-electron chi connectivity index (χ1n) is 10.4. The van der Waals surface area contributed by atoms with Crippen LogP contribution in [-0.2, 0) is 14.8 Å². The second kappa shape index (κ2) is 9.99. The maximum Gasteiger partial charge on any atom is 0.573 e. The molecule has 2 aromatic rings. The molecule has 1 fully saturated rings. The van der Waals surface area contributed by atoms with Gasteiger partial charge < -0.3 is 20.1 Å². The largest absolute Gasteiger partial charge is 0.573 e. The Kier molecular flexibility index (Phi) is 7.48. The summed E-state index contributed by atoms with van der Waals surface area (Å²) < 4.78 is 72.6. The van der Waals surface area contributed by atoms with Crippen LogP contribution in [0.3, 0.4) is 0 Å². The topological polar surface area (TPSA) is 134 Å². The van der Waals surface area contributed by atoms with E-state index in [9.17, 15) is 26.4 Å². The van der Waals surface area contributed by atoms with Gasteiger partial charge in [-0.2, -0.15) is 5.10 Å². The molecular weight excluding hydrogens is 479 g/mol. The summed E-state index contributed by atoms with van der Waals surface area (Å²) in [5.41, 5.74) is 0.640. The second-order valence-corrected chi connectivity index (χ2v) is 10.1. The number of aromatic nitrogens is 2. The van der Waals surface area contributed by atoms with Crippen LogP contribution in [0.4, 0.5) is 35.2 Å². The Balaban J connectivity index is 1.67. The Morgan fingerprint density at radius 3 is 2.62 bits per heavy atom. The summed E-state index contributed by atoms with van der Waals surface area (Å²) in [6, 6.07) is 5.25. The number of carbonyl (C=O) groups is 1. The van der Waals surface area contributed by atoms with E-state index in [-0.39, 0.29) is 29.4 Å². The Bertz CT molecular complexity index is 1120. The summed E-state index contributed by atoms with van der Waals surface area (Å²) in [6.07, 6.45) is -2.79. The molecule has 1 aromatic heterocycles. The lowest BCUT2D eigenvalue weighted by atomic mass is 10.0. The minimum absolute atomic E-state index is 0.0239. The molecule has 1 aromatic carbocycles. The number of hydrogen-bond acceptors (Lipinski definition) is 7. The Hall–Kier alpha value is -3.16. The van der Waals surface area contributed by atoms with Crippen LogP contribution in [0.15, 0.2) is 24.3 Å². The standard InChI is InChI=1S/C20H26F3N5O5S/c1-11(2)24-19(29)32-14-6-4-12(8-14)16-10-18(27-26-16)25-13-5-7-15(28-34(3,30)31)17(9-13)33-20(21,22)23/h5,7,9-12,14,28H,4,6,8H2,1-3H3,(H,24,29)(H2,25,26,27)/t12-,14+/m1/s1. The first kappa shape index (κ1) is 25.5. The van der Waals surface area contributed by atoms with E-state index in [2.05, 4.69) is 25.6 Å². The van der Waals surface area contributed by atoms with E-state index in [1.807, 2.05) is 18.6 Å². The average Bonchev–Trinajstić information content (AvgIpc) is 3.30. The summed E-state index contributed by atoms with van der Waals surface area (Å²) in [5.74, 6) is -0.293. The van der Waals surface area contributed by atoms with Gasteiger partial charge in [-0.3, -0.25) is 9.82 Å². The van der Waals surface area contributed by atoms with E-state index in [0.717, 1.165) is 30.5 Å². The third kappa shape index (κ3) is 7.71. The zero-order valence-corrected chi connectivity index (χ0v) is 19.5. The number of H-pyrrole nitrogens is 1. The lowest BCUT2D eigenvalue weighted by Gasteiger charge is -2.15. The van der Waals surface area contributed by atoms with Crippen LogP contribution in [0.25, 0.3) is 0 Å². The van der Waals surface area contributed by atoms with Gasteiger partial charge in [-0.1, -0.05) is 0 Å². The molecule has 188 valence electrons. The van der Waals surface area contributed by atoms with Gasteiger partial charge in [0.05, 0.1) is 11.9 Å². The number of nitrogens with zero attached hydrogens (tertiary/aromatic N) is 1. The smallest absolute Gasteiger partial charge is 0.446 e. The number of amides is 1. The third-order valence-electron chi connectivity index (χ3n) is 4.88. The van der Waals surface area contributed by atoms with Crippen molar-refractivity contribution in [3.05, 3.63) is 30.0 Å². The number of ether oxygens (including phenoxy) is 2. The van der Waals surface area contributed by atoms with E-state index in [0.29, 0.717) is 18.7 Å². The van der Waals surface area contributed by atoms with Crippen molar-refractivity contribution in [3.8, 4) is 5.75 Å². The summed E-state index contributed by atoms with van der Waals surface area (Å²) in [4.78, 5) is 11.8. The minimum Gasteiger partial charge on any atom is -0.446 e. The Morgan fingerprint density at radius 2 is 1.97 bits per heavy atom. The maximum atomic E-state index is 12.8. The first-order valence-corrected chi connectivity index (χ1v) is 12.3. The van der Waals surface area contributed by atoms with Crippen LogP contribution >= 0.6 is 0 Å². The zero-order chi connectivity index (χ0) is 25.1. The van der Waals surface area contributed by atoms with Crippen LogP contribution in [0.2, 0.25) is 0 Å². The first-order chi connectivity index (χ1) is 15.8. The van der Waals surface area contributed by atoms with Crippen molar-refractivity contribution in [2.45, 2.75) is 57.5 Å². The molecule has 0 bridgehead atoms. The number of sulfonamides is 1. The number of aromatic amines is 1. The fourth-order valence-electron chi connectivity index (χ4n) is 3.60. The van der Waals surface area contributed by atoms with Crippen molar-refractivity contribution in [1.82, 2.24) is 15.5 Å². The van der Waals surface area contributed by atoms with Crippen molar-refractivity contribution < 1.29 is 35.9 Å². The SMILES string of the molecule is CC(C)NC(=O)O[C@H]1CC[C@@H](c2cc(Nc3ccc(NS(C)(=O)=O)c(OC(F)(F)F)c3)n[nH]2)C1. The normalized spacial score (nSPS) is 18.6. The average molecular weight is 506 g/mol. The van der Waals surface area contributed by atoms with Crippen LogP contribution in [0.1, 0.15) is 44.7 Å². The molecule has 2 atom stereocenters. The molecule has 1 saturated carbocycles. The van der Waals surface area contributed by atoms with Crippen LogP contribution in [0, 0.1) is 0 Å². The molecule has 0 aliphatic heterocycles. The van der Waals surface area contributed by atoms with Crippen LogP contribution in [0.5, 0.6) is 5.75 Å². The van der Waals surface area contributed by atoms with Crippen molar-refractivity contribution >= 4 is 33.3 Å². The predicted molar refractivity (Wildman–Crippen MR) is 119 cm³/mol. The quantitative estimate of drug-likeness (QED) is 0.423. The molecule has 1 heterocycles. The number of hydrogen-bond donors (Lipinski definition) is 4. The number of benzene rings is 1. The number of alkyl halides is 3. The van der Waals surface area contributed by atoms with E-state index in [4.69, 9.17) is 4.74 Å². The van der Waals surface area contributed by atoms with Gasteiger partial charge in [-0.15, -0.1) is 13.2 Å². The van der Waals surface area contributed by atoms with Gasteiger partial charge >= 0.3 is 12.5 Å². The molecule has 1 aliphatic rings. The number of rotatable bonds is 8. The molecule has 34 heavy (non-hydrogen) atoms. The number of alkyl carbamates (subject to hydrolysis) is 1. The summed E-state index contributed by atoms with van der Waals surface area (Å²) in [5, 5.41) is 12.6. The molecule has 4 N–H and O–H groups in total. The molecule has 10 nitrogen and oxygen atoms in total. The molecule has 1 aliphatic carbocycles. The van der Waals surface area contributed by atoms with Gasteiger partial charge in [0.25, 0.3) is 0 Å². The number of anilines is 3. The van der Waals surface area contributed by atoms with E-state index in [1.54, 1.807) is 6.07 Å². The van der Waals surface area contributed by atoms with E-state index < -0.39 is 28.2 Å². The van der Waals surface area contributed by atoms with Gasteiger partial charge in [0, 0.05) is 35.5 Å². The molecular formula is C20H26F3N5O5S. The monoisotopic (exact) mass is 505 g/mol. The lowest BCUT2D eigenvalue weighted by molar-refractivity contribution is -0.274. The summed E-state index contributed by atoms with van der Waals surface area (Å²) >= 11 is 0. The zero-order valence-electron chi connectivity index (χ0n) is 18.7. The predicted octanol–water partition coefficient (Wildman–Crippen LogP) is 4.19. The summed E-state index contributed by atoms with van der Waals surface area (Å²) in [7, 11) is -3.82. The van der Waals surface area contributed by atoms with Crippen LogP contribution < -0.4 is 20.1 Å². The van der Waals surface area contributed by atoms with Gasteiger partial charge in [0.2, 0.25) is 10.0 Å². The highest BCUT2D eigenvalue weighted by atomic mass is 32.2. The second-order valence-electron chi connectivity index (χ2n) is 8.30. The highest BCUT2D eigenvalue weighted by Gasteiger charge is 2.33. The Morgan fingerprint density at radius 1 is 1.24 bits per heavy atom. The fourth-order valence-corrected chi connectivity index (χ4v) is 4.17. The molecule has 1 amide bonds. The molecule has 3 rings (SSSR count). The minimum atomic E-state index is -5.01. The number of halogens is 3.